The molecule has 2 aliphatic rings. The number of amides is 1. The molecule has 1 amide bonds. The summed E-state index contributed by atoms with van der Waals surface area (Å²) < 4.78 is 40.2. The lowest BCUT2D eigenvalue weighted by Crippen LogP contribution is -2.52. The molecule has 1 aliphatic carbocycles. The number of hydrogen-bond acceptors (Lipinski definition) is 7. The predicted octanol–water partition coefficient (Wildman–Crippen LogP) is 4.34. The number of carbonyl (C=O) groups excluding carboxylic acids is 1. The molecule has 0 spiro atoms. The van der Waals surface area contributed by atoms with Gasteiger partial charge < -0.3 is 19.9 Å². The zero-order valence-corrected chi connectivity index (χ0v) is 24.5. The van der Waals surface area contributed by atoms with Crippen LogP contribution >= 0.6 is 0 Å². The number of sulfonamides is 1. The minimum atomic E-state index is -3.99. The van der Waals surface area contributed by atoms with Crippen molar-refractivity contribution >= 4 is 16.1 Å². The first-order valence-corrected chi connectivity index (χ1v) is 15.9. The van der Waals surface area contributed by atoms with Gasteiger partial charge in [-0.3, -0.25) is 0 Å². The molecule has 2 N–H and O–H groups in total. The van der Waals surface area contributed by atoms with E-state index in [1.165, 1.54) is 4.31 Å². The van der Waals surface area contributed by atoms with Crippen LogP contribution in [0.1, 0.15) is 56.1 Å². The van der Waals surface area contributed by atoms with Crippen LogP contribution in [0, 0.1) is 23.7 Å². The topological polar surface area (TPSA) is 129 Å². The second-order valence-corrected chi connectivity index (χ2v) is 13.3. The fraction of sp³-hybridized carbons (Fsp3) is 0.548. The molecule has 1 heterocycles. The Labute approximate surface area is 243 Å². The highest BCUT2D eigenvalue weighted by Gasteiger charge is 2.40. The van der Waals surface area contributed by atoms with Crippen LogP contribution in [0.2, 0.25) is 0 Å². The van der Waals surface area contributed by atoms with Crippen molar-refractivity contribution in [1.29, 1.82) is 5.26 Å². The molecular formula is C31H41N3O6S. The maximum absolute atomic E-state index is 14.0. The molecule has 0 aromatic heterocycles. The average molecular weight is 584 g/mol. The molecule has 2 aromatic rings. The molecule has 222 valence electrons. The Morgan fingerprint density at radius 1 is 1.20 bits per heavy atom. The van der Waals surface area contributed by atoms with Crippen molar-refractivity contribution in [2.75, 3.05) is 26.3 Å². The fourth-order valence-corrected chi connectivity index (χ4v) is 7.42. The highest BCUT2D eigenvalue weighted by Crippen LogP contribution is 2.43. The van der Waals surface area contributed by atoms with E-state index in [0.717, 1.165) is 36.8 Å². The van der Waals surface area contributed by atoms with Crippen molar-refractivity contribution in [2.45, 2.75) is 81.4 Å². The van der Waals surface area contributed by atoms with Gasteiger partial charge >= 0.3 is 6.09 Å². The van der Waals surface area contributed by atoms with E-state index in [1.54, 1.807) is 24.3 Å². The summed E-state index contributed by atoms with van der Waals surface area (Å²) in [6, 6.07) is 17.5. The number of aliphatic hydroxyl groups is 1. The van der Waals surface area contributed by atoms with Gasteiger partial charge in [0.25, 0.3) is 0 Å². The highest BCUT2D eigenvalue weighted by molar-refractivity contribution is 7.89. The second kappa shape index (κ2) is 14.3. The van der Waals surface area contributed by atoms with Gasteiger partial charge in [-0.15, -0.1) is 0 Å². The number of ether oxygens (including phenoxy) is 2. The molecule has 3 atom stereocenters. The minimum Gasteiger partial charge on any atom is -0.444 e. The molecule has 1 saturated heterocycles. The van der Waals surface area contributed by atoms with Gasteiger partial charge in [-0.2, -0.15) is 9.57 Å². The summed E-state index contributed by atoms with van der Waals surface area (Å²) in [6.07, 6.45) is 3.18. The van der Waals surface area contributed by atoms with Crippen molar-refractivity contribution in [3.05, 3.63) is 65.7 Å². The Kier molecular flexibility index (Phi) is 10.8. The highest BCUT2D eigenvalue weighted by atomic mass is 32.2. The molecule has 1 aliphatic heterocycles. The van der Waals surface area contributed by atoms with Crippen LogP contribution in [0.3, 0.4) is 0 Å². The fourth-order valence-electron chi connectivity index (χ4n) is 5.84. The quantitative estimate of drug-likeness (QED) is 0.359. The Morgan fingerprint density at radius 2 is 1.90 bits per heavy atom. The van der Waals surface area contributed by atoms with Crippen LogP contribution in [-0.2, 0) is 25.9 Å². The smallest absolute Gasteiger partial charge is 0.407 e. The van der Waals surface area contributed by atoms with E-state index in [2.05, 4.69) is 11.4 Å². The number of nitrogens with one attached hydrogen (secondary N) is 1. The van der Waals surface area contributed by atoms with Crippen LogP contribution < -0.4 is 5.32 Å². The molecule has 2 aromatic carbocycles. The van der Waals surface area contributed by atoms with Crippen LogP contribution in [-0.4, -0.2) is 68.5 Å². The van der Waals surface area contributed by atoms with Gasteiger partial charge in [0, 0.05) is 25.9 Å². The molecule has 9 nitrogen and oxygen atoms in total. The van der Waals surface area contributed by atoms with E-state index in [-0.39, 0.29) is 35.9 Å². The largest absolute Gasteiger partial charge is 0.444 e. The zero-order valence-electron chi connectivity index (χ0n) is 23.7. The van der Waals surface area contributed by atoms with Crippen molar-refractivity contribution in [1.82, 2.24) is 9.62 Å². The number of alkyl carbamates (subject to hydrolysis) is 1. The maximum Gasteiger partial charge on any atom is 0.407 e. The molecule has 41 heavy (non-hydrogen) atoms. The van der Waals surface area contributed by atoms with Gasteiger partial charge in [0.1, 0.15) is 6.10 Å². The first kappa shape index (κ1) is 31.0. The Balaban J connectivity index is 1.60. The molecule has 2 unspecified atom stereocenters. The molecule has 4 rings (SSSR count). The van der Waals surface area contributed by atoms with Gasteiger partial charge in [-0.05, 0) is 55.7 Å². The molecule has 1 saturated carbocycles. The Bertz CT molecular complexity index is 1270. The number of carbonyl (C=O) groups is 1. The molecule has 2 fully saturated rings. The summed E-state index contributed by atoms with van der Waals surface area (Å²) in [6.45, 7) is 2.72. The number of aryl methyl sites for hydroxylation is 1. The lowest BCUT2D eigenvalue weighted by atomic mass is 9.81. The van der Waals surface area contributed by atoms with Gasteiger partial charge in [0.2, 0.25) is 10.0 Å². The average Bonchev–Trinajstić information content (AvgIpc) is 3.65. The first-order valence-electron chi connectivity index (χ1n) is 14.4. The number of aliphatic hydroxyl groups excluding tert-OH is 1. The van der Waals surface area contributed by atoms with Gasteiger partial charge in [-0.25, -0.2) is 13.2 Å². The number of hydrogen-bond donors (Lipinski definition) is 2. The third-order valence-electron chi connectivity index (χ3n) is 8.22. The van der Waals surface area contributed by atoms with E-state index in [0.29, 0.717) is 32.5 Å². The van der Waals surface area contributed by atoms with E-state index in [9.17, 15) is 23.6 Å². The third-order valence-corrected chi connectivity index (χ3v) is 10.0. The standard InChI is InChI=1S/C31H41N3O6S/c1-24-10-12-27(13-11-24)41(37,38)34(23-31(17-7-18-32)15-5-6-16-31)21-29(35)28(20-25-8-3-2-4-9-25)33-30(36)40-26-14-19-39-22-26/h2-4,8-13,26,28-29,35H,5-7,14-17,19-23H2,1H3,(H,33,36)/t26?,28-,29?/m0/s1. The Hall–Kier alpha value is -2.97. The number of rotatable bonds is 13. The minimum absolute atomic E-state index is 0.150. The molecule has 0 bridgehead atoms. The predicted molar refractivity (Wildman–Crippen MR) is 154 cm³/mol. The van der Waals surface area contributed by atoms with Crippen molar-refractivity contribution in [2.24, 2.45) is 5.41 Å². The normalized spacial score (nSPS) is 19.9. The lowest BCUT2D eigenvalue weighted by molar-refractivity contribution is 0.0614. The van der Waals surface area contributed by atoms with Gasteiger partial charge in [-0.1, -0.05) is 60.9 Å². The summed E-state index contributed by atoms with van der Waals surface area (Å²) in [5.41, 5.74) is 1.49. The van der Waals surface area contributed by atoms with Crippen LogP contribution in [0.5, 0.6) is 0 Å². The summed E-state index contributed by atoms with van der Waals surface area (Å²) in [7, 11) is -3.99. The summed E-state index contributed by atoms with van der Waals surface area (Å²) >= 11 is 0. The van der Waals surface area contributed by atoms with Gasteiger partial charge in [0.15, 0.2) is 0 Å². The van der Waals surface area contributed by atoms with Gasteiger partial charge in [0.05, 0.1) is 36.3 Å². The second-order valence-electron chi connectivity index (χ2n) is 11.4. The van der Waals surface area contributed by atoms with Crippen LogP contribution in [0.25, 0.3) is 0 Å². The van der Waals surface area contributed by atoms with Crippen molar-refractivity contribution in [3.63, 3.8) is 0 Å². The van der Waals surface area contributed by atoms with Crippen molar-refractivity contribution < 1.29 is 27.8 Å². The third kappa shape index (κ3) is 8.52. The summed E-state index contributed by atoms with van der Waals surface area (Å²) in [4.78, 5) is 13.0. The van der Waals surface area contributed by atoms with E-state index in [1.807, 2.05) is 37.3 Å². The molecule has 0 radical (unpaired) electrons. The summed E-state index contributed by atoms with van der Waals surface area (Å²) in [5, 5.41) is 23.7. The molecule has 10 heteroatoms. The SMILES string of the molecule is Cc1ccc(S(=O)(=O)N(CC(O)[C@H](Cc2ccccc2)NC(=O)OC2CCOC2)CC2(CCC#N)CCCC2)cc1. The Morgan fingerprint density at radius 3 is 2.54 bits per heavy atom. The first-order chi connectivity index (χ1) is 19.7. The number of benzene rings is 2. The van der Waals surface area contributed by atoms with E-state index < -0.39 is 28.3 Å². The number of nitrogens with zero attached hydrogens (tertiary/aromatic N) is 2. The zero-order chi connectivity index (χ0) is 29.3. The van der Waals surface area contributed by atoms with E-state index >= 15 is 0 Å². The van der Waals surface area contributed by atoms with E-state index in [4.69, 9.17) is 9.47 Å². The monoisotopic (exact) mass is 583 g/mol. The maximum atomic E-state index is 14.0. The van der Waals surface area contributed by atoms with Crippen LogP contribution in [0.4, 0.5) is 4.79 Å². The number of nitriles is 1. The van der Waals surface area contributed by atoms with Crippen LogP contribution in [0.15, 0.2) is 59.5 Å². The van der Waals surface area contributed by atoms with Crippen molar-refractivity contribution in [3.8, 4) is 6.07 Å². The summed E-state index contributed by atoms with van der Waals surface area (Å²) in [5.74, 6) is 0. The lowest BCUT2D eigenvalue weighted by Gasteiger charge is -2.36. The molecular weight excluding hydrogens is 542 g/mol.